The van der Waals surface area contributed by atoms with Gasteiger partial charge in [-0.3, -0.25) is 0 Å². The van der Waals surface area contributed by atoms with Crippen LogP contribution in [0.15, 0.2) is 36.9 Å². The van der Waals surface area contributed by atoms with Gasteiger partial charge in [0.25, 0.3) is 0 Å². The SMILES string of the molecule is C=CCNC[C@H](O)COCCOc1ccc(F)cc1. The van der Waals surface area contributed by atoms with Gasteiger partial charge < -0.3 is 19.9 Å². The predicted molar refractivity (Wildman–Crippen MR) is 71.8 cm³/mol. The average Bonchev–Trinajstić information content (AvgIpc) is 2.41. The maximum Gasteiger partial charge on any atom is 0.123 e. The van der Waals surface area contributed by atoms with Crippen molar-refractivity contribution in [1.29, 1.82) is 0 Å². The molecule has 5 heteroatoms. The van der Waals surface area contributed by atoms with Gasteiger partial charge in [-0.15, -0.1) is 6.58 Å². The zero-order chi connectivity index (χ0) is 13.9. The molecule has 0 heterocycles. The van der Waals surface area contributed by atoms with Gasteiger partial charge >= 0.3 is 0 Å². The molecule has 0 aliphatic rings. The number of hydrogen-bond donors (Lipinski definition) is 2. The van der Waals surface area contributed by atoms with Crippen molar-refractivity contribution in [2.75, 3.05) is 32.9 Å². The molecule has 1 aromatic rings. The Morgan fingerprint density at radius 3 is 2.74 bits per heavy atom. The number of nitrogens with one attached hydrogen (secondary N) is 1. The van der Waals surface area contributed by atoms with E-state index < -0.39 is 6.10 Å². The van der Waals surface area contributed by atoms with Crippen LogP contribution in [0.1, 0.15) is 0 Å². The van der Waals surface area contributed by atoms with Crippen LogP contribution in [0.3, 0.4) is 0 Å². The topological polar surface area (TPSA) is 50.7 Å². The molecule has 0 saturated heterocycles. The smallest absolute Gasteiger partial charge is 0.123 e. The highest BCUT2D eigenvalue weighted by Crippen LogP contribution is 2.10. The van der Waals surface area contributed by atoms with Crippen molar-refractivity contribution in [3.05, 3.63) is 42.7 Å². The lowest BCUT2D eigenvalue weighted by Gasteiger charge is -2.12. The summed E-state index contributed by atoms with van der Waals surface area (Å²) in [6.45, 7) is 5.66. The maximum atomic E-state index is 12.6. The summed E-state index contributed by atoms with van der Waals surface area (Å²) in [6.07, 6.45) is 1.18. The van der Waals surface area contributed by atoms with Crippen molar-refractivity contribution < 1.29 is 19.0 Å². The van der Waals surface area contributed by atoms with Crippen molar-refractivity contribution in [3.63, 3.8) is 0 Å². The fourth-order valence-corrected chi connectivity index (χ4v) is 1.38. The molecule has 2 N–H and O–H groups in total. The Kier molecular flexibility index (Phi) is 7.81. The largest absolute Gasteiger partial charge is 0.491 e. The fourth-order valence-electron chi connectivity index (χ4n) is 1.38. The van der Waals surface area contributed by atoms with Gasteiger partial charge in [0.05, 0.1) is 19.3 Å². The Morgan fingerprint density at radius 2 is 2.05 bits per heavy atom. The van der Waals surface area contributed by atoms with Crippen LogP contribution in [0, 0.1) is 5.82 Å². The molecule has 0 fully saturated rings. The molecule has 0 bridgehead atoms. The quantitative estimate of drug-likeness (QED) is 0.497. The summed E-state index contributed by atoms with van der Waals surface area (Å²) in [6, 6.07) is 5.79. The van der Waals surface area contributed by atoms with Gasteiger partial charge in [0.2, 0.25) is 0 Å². The van der Waals surface area contributed by atoms with E-state index in [4.69, 9.17) is 9.47 Å². The van der Waals surface area contributed by atoms with Crippen LogP contribution in [0.25, 0.3) is 0 Å². The summed E-state index contributed by atoms with van der Waals surface area (Å²) in [4.78, 5) is 0. The van der Waals surface area contributed by atoms with Crippen LogP contribution >= 0.6 is 0 Å². The third-order valence-electron chi connectivity index (χ3n) is 2.29. The van der Waals surface area contributed by atoms with Gasteiger partial charge in [-0.05, 0) is 24.3 Å². The third kappa shape index (κ3) is 7.56. The number of hydrogen-bond acceptors (Lipinski definition) is 4. The monoisotopic (exact) mass is 269 g/mol. The minimum absolute atomic E-state index is 0.247. The normalized spacial score (nSPS) is 12.1. The lowest BCUT2D eigenvalue weighted by atomic mass is 10.3. The summed E-state index contributed by atoms with van der Waals surface area (Å²) in [7, 11) is 0. The molecule has 0 unspecified atom stereocenters. The molecule has 106 valence electrons. The van der Waals surface area contributed by atoms with Crippen molar-refractivity contribution >= 4 is 0 Å². The number of benzene rings is 1. The standard InChI is InChI=1S/C14H20FNO3/c1-2-7-16-10-13(17)11-18-8-9-19-14-5-3-12(15)4-6-14/h2-6,13,16-17H,1,7-11H2/t13-/m0/s1. The van der Waals surface area contributed by atoms with Gasteiger partial charge in [0.1, 0.15) is 18.2 Å². The number of aliphatic hydroxyl groups is 1. The van der Waals surface area contributed by atoms with Crippen molar-refractivity contribution in [3.8, 4) is 5.75 Å². The van der Waals surface area contributed by atoms with E-state index in [1.807, 2.05) is 0 Å². The molecule has 1 rings (SSSR count). The van der Waals surface area contributed by atoms with E-state index in [0.29, 0.717) is 32.1 Å². The van der Waals surface area contributed by atoms with E-state index in [9.17, 15) is 9.50 Å². The number of aliphatic hydroxyl groups excluding tert-OH is 1. The number of ether oxygens (including phenoxy) is 2. The lowest BCUT2D eigenvalue weighted by Crippen LogP contribution is -2.30. The van der Waals surface area contributed by atoms with Crippen LogP contribution in [0.4, 0.5) is 4.39 Å². The first kappa shape index (κ1) is 15.6. The fraction of sp³-hybridized carbons (Fsp3) is 0.429. The summed E-state index contributed by atoms with van der Waals surface area (Å²) < 4.78 is 23.2. The Morgan fingerprint density at radius 1 is 1.32 bits per heavy atom. The van der Waals surface area contributed by atoms with Crippen LogP contribution in [0.5, 0.6) is 5.75 Å². The minimum atomic E-state index is -0.550. The zero-order valence-electron chi connectivity index (χ0n) is 10.8. The molecule has 1 aromatic carbocycles. The molecule has 0 saturated carbocycles. The van der Waals surface area contributed by atoms with Gasteiger partial charge in [-0.25, -0.2) is 4.39 Å². The molecule has 4 nitrogen and oxygen atoms in total. The van der Waals surface area contributed by atoms with E-state index in [1.54, 1.807) is 18.2 Å². The molecular formula is C14H20FNO3. The molecule has 0 amide bonds. The van der Waals surface area contributed by atoms with E-state index in [2.05, 4.69) is 11.9 Å². The van der Waals surface area contributed by atoms with Crippen LogP contribution in [-0.4, -0.2) is 44.1 Å². The molecule has 0 spiro atoms. The predicted octanol–water partition coefficient (Wildman–Crippen LogP) is 1.36. The summed E-state index contributed by atoms with van der Waals surface area (Å²) in [5.74, 6) is 0.303. The van der Waals surface area contributed by atoms with Crippen molar-refractivity contribution in [2.24, 2.45) is 0 Å². The molecule has 0 aliphatic heterocycles. The second kappa shape index (κ2) is 9.49. The second-order valence-corrected chi connectivity index (χ2v) is 3.98. The first-order chi connectivity index (χ1) is 9.22. The van der Waals surface area contributed by atoms with Gasteiger partial charge in [-0.2, -0.15) is 0 Å². The minimum Gasteiger partial charge on any atom is -0.491 e. The molecule has 19 heavy (non-hydrogen) atoms. The number of rotatable bonds is 10. The summed E-state index contributed by atoms with van der Waals surface area (Å²) in [5, 5.41) is 12.5. The average molecular weight is 269 g/mol. The Balaban J connectivity index is 2.01. The lowest BCUT2D eigenvalue weighted by molar-refractivity contribution is 0.0255. The first-order valence-corrected chi connectivity index (χ1v) is 6.18. The Bertz CT molecular complexity index is 356. The van der Waals surface area contributed by atoms with E-state index in [0.717, 1.165) is 0 Å². The summed E-state index contributed by atoms with van der Waals surface area (Å²) >= 11 is 0. The van der Waals surface area contributed by atoms with Crippen molar-refractivity contribution in [1.82, 2.24) is 5.32 Å². The molecule has 0 aliphatic carbocycles. The Hall–Kier alpha value is -1.43. The van der Waals surface area contributed by atoms with Crippen LogP contribution in [0.2, 0.25) is 0 Å². The number of halogens is 1. The molecule has 0 radical (unpaired) electrons. The second-order valence-electron chi connectivity index (χ2n) is 3.98. The zero-order valence-corrected chi connectivity index (χ0v) is 10.8. The third-order valence-corrected chi connectivity index (χ3v) is 2.29. The Labute approximate surface area is 112 Å². The molecule has 1 atom stereocenters. The van der Waals surface area contributed by atoms with Crippen molar-refractivity contribution in [2.45, 2.75) is 6.10 Å². The van der Waals surface area contributed by atoms with Gasteiger partial charge in [-0.1, -0.05) is 6.08 Å². The van der Waals surface area contributed by atoms with Crippen LogP contribution < -0.4 is 10.1 Å². The highest BCUT2D eigenvalue weighted by Gasteiger charge is 2.02. The van der Waals surface area contributed by atoms with Gasteiger partial charge in [0.15, 0.2) is 0 Å². The summed E-state index contributed by atoms with van der Waals surface area (Å²) in [5.41, 5.74) is 0. The highest BCUT2D eigenvalue weighted by atomic mass is 19.1. The van der Waals surface area contributed by atoms with E-state index in [-0.39, 0.29) is 12.4 Å². The molecule has 0 aromatic heterocycles. The van der Waals surface area contributed by atoms with Crippen LogP contribution in [-0.2, 0) is 4.74 Å². The maximum absolute atomic E-state index is 12.6. The molecular weight excluding hydrogens is 249 g/mol. The first-order valence-electron chi connectivity index (χ1n) is 6.18. The van der Waals surface area contributed by atoms with E-state index >= 15 is 0 Å². The van der Waals surface area contributed by atoms with Gasteiger partial charge in [0, 0.05) is 13.1 Å². The van der Waals surface area contributed by atoms with E-state index in [1.165, 1.54) is 12.1 Å². The highest BCUT2D eigenvalue weighted by molar-refractivity contribution is 5.21.